The van der Waals surface area contributed by atoms with Crippen LogP contribution in [-0.4, -0.2) is 23.3 Å². The van der Waals surface area contributed by atoms with Crippen LogP contribution in [0.1, 0.15) is 40.3 Å². The van der Waals surface area contributed by atoms with E-state index in [1.807, 2.05) is 46.8 Å². The highest BCUT2D eigenvalue weighted by Crippen LogP contribution is 2.38. The highest BCUT2D eigenvalue weighted by molar-refractivity contribution is 6.55. The molecule has 0 aromatic carbocycles. The van der Waals surface area contributed by atoms with E-state index in [-0.39, 0.29) is 18.3 Å². The Kier molecular flexibility index (Phi) is 3.78. The molecule has 2 heterocycles. The zero-order valence-corrected chi connectivity index (χ0v) is 12.8. The van der Waals surface area contributed by atoms with Crippen LogP contribution in [0.15, 0.2) is 23.8 Å². The first kappa shape index (κ1) is 14.6. The van der Waals surface area contributed by atoms with E-state index in [1.54, 1.807) is 12.3 Å². The van der Waals surface area contributed by atoms with Crippen LogP contribution in [0.3, 0.4) is 0 Å². The minimum atomic E-state index is -0.342. The van der Waals surface area contributed by atoms with Gasteiger partial charge in [-0.15, -0.1) is 0 Å². The van der Waals surface area contributed by atoms with Gasteiger partial charge in [0.25, 0.3) is 0 Å². The highest BCUT2D eigenvalue weighted by atomic mass is 35.5. The number of hydrogen-bond donors (Lipinski definition) is 0. The number of pyridine rings is 1. The van der Waals surface area contributed by atoms with Crippen LogP contribution in [0.5, 0.6) is 0 Å². The molecule has 1 aromatic rings. The average molecular weight is 280 g/mol. The highest BCUT2D eigenvalue weighted by Gasteiger charge is 2.51. The molecule has 0 unspecified atom stereocenters. The van der Waals surface area contributed by atoms with Crippen molar-refractivity contribution < 1.29 is 9.31 Å². The second-order valence-corrected chi connectivity index (χ2v) is 6.31. The van der Waals surface area contributed by atoms with Gasteiger partial charge in [-0.2, -0.15) is 0 Å². The SMILES string of the molecule is C/C(=C\c1cc(Cl)ccn1)B1OC(C)(C)C(C)(C)O1. The molecule has 1 saturated heterocycles. The Morgan fingerprint density at radius 1 is 1.26 bits per heavy atom. The molecule has 0 amide bonds. The number of halogens is 1. The van der Waals surface area contributed by atoms with Crippen molar-refractivity contribution in [2.45, 2.75) is 45.8 Å². The Bertz CT molecular complexity index is 498. The first-order valence-corrected chi connectivity index (χ1v) is 6.74. The van der Waals surface area contributed by atoms with Crippen LogP contribution in [-0.2, 0) is 9.31 Å². The van der Waals surface area contributed by atoms with Crippen molar-refractivity contribution in [2.24, 2.45) is 0 Å². The molecule has 0 atom stereocenters. The standard InChI is InChI=1S/C14H19BClNO2/c1-10(8-12-9-11(16)6-7-17-12)15-18-13(2,3)14(4,5)19-15/h6-9H,1-5H3/b10-8+. The van der Waals surface area contributed by atoms with Crippen molar-refractivity contribution in [3.8, 4) is 0 Å². The van der Waals surface area contributed by atoms with E-state index in [0.29, 0.717) is 5.02 Å². The summed E-state index contributed by atoms with van der Waals surface area (Å²) in [6.45, 7) is 10.1. The molecular formula is C14H19BClNO2. The summed E-state index contributed by atoms with van der Waals surface area (Å²) < 4.78 is 12.0. The first-order valence-electron chi connectivity index (χ1n) is 6.37. The smallest absolute Gasteiger partial charge is 0.400 e. The van der Waals surface area contributed by atoms with Gasteiger partial charge >= 0.3 is 7.12 Å². The maximum Gasteiger partial charge on any atom is 0.490 e. The summed E-state index contributed by atoms with van der Waals surface area (Å²) in [5.74, 6) is 0. The monoisotopic (exact) mass is 279 g/mol. The van der Waals surface area contributed by atoms with Gasteiger partial charge in [-0.25, -0.2) is 0 Å². The van der Waals surface area contributed by atoms with Crippen molar-refractivity contribution in [1.29, 1.82) is 0 Å². The fourth-order valence-electron chi connectivity index (χ4n) is 1.83. The quantitative estimate of drug-likeness (QED) is 0.772. The topological polar surface area (TPSA) is 31.4 Å². The Morgan fingerprint density at radius 3 is 2.37 bits per heavy atom. The van der Waals surface area contributed by atoms with Crippen molar-refractivity contribution >= 4 is 24.8 Å². The summed E-state index contributed by atoms with van der Waals surface area (Å²) in [6, 6.07) is 3.57. The molecular weight excluding hydrogens is 260 g/mol. The molecule has 1 fully saturated rings. The molecule has 1 aliphatic rings. The van der Waals surface area contributed by atoms with Crippen molar-refractivity contribution in [3.63, 3.8) is 0 Å². The maximum atomic E-state index is 5.98. The molecule has 0 saturated carbocycles. The van der Waals surface area contributed by atoms with Gasteiger partial charge in [-0.05, 0) is 58.3 Å². The molecule has 1 aliphatic heterocycles. The molecule has 102 valence electrons. The molecule has 1 aromatic heterocycles. The second kappa shape index (κ2) is 4.93. The predicted octanol–water partition coefficient (Wildman–Crippen LogP) is 3.77. The number of hydrogen-bond acceptors (Lipinski definition) is 3. The van der Waals surface area contributed by atoms with E-state index in [0.717, 1.165) is 11.2 Å². The fourth-order valence-corrected chi connectivity index (χ4v) is 2.00. The number of aromatic nitrogens is 1. The van der Waals surface area contributed by atoms with Crippen LogP contribution in [0.2, 0.25) is 5.02 Å². The average Bonchev–Trinajstić information content (AvgIpc) is 2.48. The summed E-state index contributed by atoms with van der Waals surface area (Å²) in [7, 11) is -0.342. The van der Waals surface area contributed by atoms with Crippen LogP contribution >= 0.6 is 11.6 Å². The van der Waals surface area contributed by atoms with E-state index in [1.165, 1.54) is 0 Å². The first-order chi connectivity index (χ1) is 8.71. The fraction of sp³-hybridized carbons (Fsp3) is 0.500. The number of nitrogens with zero attached hydrogens (tertiary/aromatic N) is 1. The van der Waals surface area contributed by atoms with E-state index in [4.69, 9.17) is 20.9 Å². The molecule has 2 rings (SSSR count). The van der Waals surface area contributed by atoms with Crippen molar-refractivity contribution in [3.05, 3.63) is 34.5 Å². The van der Waals surface area contributed by atoms with Crippen LogP contribution < -0.4 is 0 Å². The van der Waals surface area contributed by atoms with Crippen LogP contribution in [0.4, 0.5) is 0 Å². The van der Waals surface area contributed by atoms with Gasteiger partial charge in [0.2, 0.25) is 0 Å². The Labute approximate surface area is 120 Å². The Balaban J connectivity index is 2.20. The van der Waals surface area contributed by atoms with Gasteiger partial charge in [0.15, 0.2) is 0 Å². The molecule has 0 bridgehead atoms. The third-order valence-corrected chi connectivity index (χ3v) is 3.98. The van der Waals surface area contributed by atoms with E-state index in [2.05, 4.69) is 4.98 Å². The summed E-state index contributed by atoms with van der Waals surface area (Å²) >= 11 is 5.95. The molecule has 0 N–H and O–H groups in total. The van der Waals surface area contributed by atoms with E-state index in [9.17, 15) is 0 Å². The summed E-state index contributed by atoms with van der Waals surface area (Å²) in [5.41, 5.74) is 1.14. The maximum absolute atomic E-state index is 5.98. The summed E-state index contributed by atoms with van der Waals surface area (Å²) in [5, 5.41) is 0.669. The molecule has 5 heteroatoms. The zero-order chi connectivity index (χ0) is 14.3. The van der Waals surface area contributed by atoms with Crippen LogP contribution in [0.25, 0.3) is 6.08 Å². The third-order valence-electron chi connectivity index (χ3n) is 3.74. The summed E-state index contributed by atoms with van der Waals surface area (Å²) in [4.78, 5) is 4.25. The van der Waals surface area contributed by atoms with Gasteiger partial charge in [0.1, 0.15) is 0 Å². The molecule has 0 radical (unpaired) electrons. The molecule has 19 heavy (non-hydrogen) atoms. The lowest BCUT2D eigenvalue weighted by atomic mass is 9.79. The summed E-state index contributed by atoms with van der Waals surface area (Å²) in [6.07, 6.45) is 3.62. The van der Waals surface area contributed by atoms with Crippen molar-refractivity contribution in [2.75, 3.05) is 0 Å². The second-order valence-electron chi connectivity index (χ2n) is 5.88. The van der Waals surface area contributed by atoms with Crippen molar-refractivity contribution in [1.82, 2.24) is 4.98 Å². The lowest BCUT2D eigenvalue weighted by Gasteiger charge is -2.32. The number of allylic oxidation sites excluding steroid dienone is 1. The lowest BCUT2D eigenvalue weighted by molar-refractivity contribution is 0.00578. The van der Waals surface area contributed by atoms with Gasteiger partial charge in [-0.3, -0.25) is 4.98 Å². The van der Waals surface area contributed by atoms with Crippen LogP contribution in [0, 0.1) is 0 Å². The Hall–Kier alpha value is -0.835. The van der Waals surface area contributed by atoms with Gasteiger partial charge in [-0.1, -0.05) is 11.6 Å². The Morgan fingerprint density at radius 2 is 1.84 bits per heavy atom. The lowest BCUT2D eigenvalue weighted by Crippen LogP contribution is -2.41. The number of rotatable bonds is 2. The third kappa shape index (κ3) is 3.02. The molecule has 3 nitrogen and oxygen atoms in total. The molecule has 0 spiro atoms. The van der Waals surface area contributed by atoms with Gasteiger partial charge < -0.3 is 9.31 Å². The minimum absolute atomic E-state index is 0.325. The van der Waals surface area contributed by atoms with E-state index >= 15 is 0 Å². The minimum Gasteiger partial charge on any atom is -0.400 e. The van der Waals surface area contributed by atoms with Gasteiger partial charge in [0, 0.05) is 11.2 Å². The van der Waals surface area contributed by atoms with E-state index < -0.39 is 0 Å². The molecule has 0 aliphatic carbocycles. The zero-order valence-electron chi connectivity index (χ0n) is 12.0. The predicted molar refractivity (Wildman–Crippen MR) is 79.0 cm³/mol. The normalized spacial score (nSPS) is 21.8. The van der Waals surface area contributed by atoms with Gasteiger partial charge in [0.05, 0.1) is 16.9 Å². The largest absolute Gasteiger partial charge is 0.490 e.